The van der Waals surface area contributed by atoms with Gasteiger partial charge in [0.25, 0.3) is 0 Å². The van der Waals surface area contributed by atoms with Crippen LogP contribution in [0.25, 0.3) is 21.8 Å². The van der Waals surface area contributed by atoms with Gasteiger partial charge in [-0.1, -0.05) is 66.7 Å². The van der Waals surface area contributed by atoms with Crippen molar-refractivity contribution in [2.24, 2.45) is 0 Å². The van der Waals surface area contributed by atoms with Crippen molar-refractivity contribution >= 4 is 39.5 Å². The molecular formula is C22H18N2OS. The molecule has 0 aliphatic carbocycles. The Bertz CT molecular complexity index is 1010. The Labute approximate surface area is 156 Å². The van der Waals surface area contributed by atoms with Crippen LogP contribution in [0.5, 0.6) is 0 Å². The summed E-state index contributed by atoms with van der Waals surface area (Å²) in [6, 6.07) is 26.1. The minimum absolute atomic E-state index is 0.0313. The van der Waals surface area contributed by atoms with Gasteiger partial charge in [-0.2, -0.15) is 0 Å². The van der Waals surface area contributed by atoms with Crippen LogP contribution in [0.15, 0.2) is 83.8 Å². The molecule has 4 rings (SSSR count). The lowest BCUT2D eigenvalue weighted by molar-refractivity contribution is -0.118. The lowest BCUT2D eigenvalue weighted by atomic mass is 10.1. The highest BCUT2D eigenvalue weighted by Crippen LogP contribution is 2.33. The number of carbonyl (C=O) groups excluding carboxylic acids is 1. The van der Waals surface area contributed by atoms with E-state index in [-0.39, 0.29) is 5.91 Å². The summed E-state index contributed by atoms with van der Waals surface area (Å²) in [5.41, 5.74) is 3.02. The Balaban J connectivity index is 1.55. The second-order valence-electron chi connectivity index (χ2n) is 6.03. The van der Waals surface area contributed by atoms with Crippen LogP contribution < -0.4 is 5.32 Å². The van der Waals surface area contributed by atoms with Crippen molar-refractivity contribution in [2.45, 2.75) is 11.4 Å². The summed E-state index contributed by atoms with van der Waals surface area (Å²) in [7, 11) is 0. The molecule has 3 nitrogen and oxygen atoms in total. The molecule has 0 radical (unpaired) electrons. The third-order valence-corrected chi connectivity index (χ3v) is 5.35. The lowest BCUT2D eigenvalue weighted by Gasteiger charge is -2.10. The van der Waals surface area contributed by atoms with Gasteiger partial charge in [-0.25, -0.2) is 4.98 Å². The van der Waals surface area contributed by atoms with Crippen molar-refractivity contribution in [3.8, 4) is 0 Å². The fourth-order valence-corrected chi connectivity index (χ4v) is 3.98. The summed E-state index contributed by atoms with van der Waals surface area (Å²) in [5, 5.41) is 5.17. The lowest BCUT2D eigenvalue weighted by Crippen LogP contribution is -2.24. The summed E-state index contributed by atoms with van der Waals surface area (Å²) < 4.78 is 0. The molecule has 4 heteroatoms. The van der Waals surface area contributed by atoms with Gasteiger partial charge in [-0.05, 0) is 17.7 Å². The highest BCUT2D eigenvalue weighted by atomic mass is 32.2. The number of aromatic nitrogens is 1. The first kappa shape index (κ1) is 16.6. The fraction of sp³-hybridized carbons (Fsp3) is 0.0909. The molecule has 128 valence electrons. The Hall–Kier alpha value is -2.85. The van der Waals surface area contributed by atoms with Crippen molar-refractivity contribution in [2.75, 3.05) is 5.75 Å². The number of nitrogens with one attached hydrogen (secondary N) is 1. The van der Waals surface area contributed by atoms with Crippen molar-refractivity contribution < 1.29 is 4.79 Å². The SMILES string of the molecule is O=C(CSc1c2ccccc2nc2ccccc12)NCc1ccccc1. The van der Waals surface area contributed by atoms with Gasteiger partial charge in [0.2, 0.25) is 5.91 Å². The molecule has 0 aliphatic rings. The molecule has 3 aromatic carbocycles. The largest absolute Gasteiger partial charge is 0.351 e. The maximum absolute atomic E-state index is 12.3. The molecule has 0 atom stereocenters. The zero-order valence-corrected chi connectivity index (χ0v) is 15.0. The monoisotopic (exact) mass is 358 g/mol. The molecule has 0 saturated carbocycles. The predicted molar refractivity (Wildman–Crippen MR) is 108 cm³/mol. The second kappa shape index (κ2) is 7.58. The van der Waals surface area contributed by atoms with Gasteiger partial charge in [0.1, 0.15) is 0 Å². The molecule has 1 aromatic heterocycles. The fourth-order valence-electron chi connectivity index (χ4n) is 2.94. The predicted octanol–water partition coefficient (Wildman–Crippen LogP) is 4.80. The summed E-state index contributed by atoms with van der Waals surface area (Å²) in [4.78, 5) is 18.2. The number of hydrogen-bond donors (Lipinski definition) is 1. The van der Waals surface area contributed by atoms with Crippen LogP contribution in [0.1, 0.15) is 5.56 Å². The van der Waals surface area contributed by atoms with E-state index in [4.69, 9.17) is 4.98 Å². The van der Waals surface area contributed by atoms with Crippen LogP contribution in [-0.4, -0.2) is 16.6 Å². The van der Waals surface area contributed by atoms with Crippen molar-refractivity contribution in [1.82, 2.24) is 10.3 Å². The summed E-state index contributed by atoms with van der Waals surface area (Å²) in [5.74, 6) is 0.411. The molecule has 0 spiro atoms. The average Bonchev–Trinajstić information content (AvgIpc) is 2.70. The summed E-state index contributed by atoms with van der Waals surface area (Å²) >= 11 is 1.57. The normalized spacial score (nSPS) is 10.9. The molecule has 26 heavy (non-hydrogen) atoms. The zero-order valence-electron chi connectivity index (χ0n) is 14.2. The zero-order chi connectivity index (χ0) is 17.8. The number of pyridine rings is 1. The van der Waals surface area contributed by atoms with Gasteiger partial charge in [0, 0.05) is 22.2 Å². The molecule has 1 amide bonds. The number of fused-ring (bicyclic) bond motifs is 2. The van der Waals surface area contributed by atoms with Crippen LogP contribution in [0.4, 0.5) is 0 Å². The quantitative estimate of drug-likeness (QED) is 0.412. The van der Waals surface area contributed by atoms with Gasteiger partial charge in [0.15, 0.2) is 0 Å². The van der Waals surface area contributed by atoms with Crippen LogP contribution in [0.2, 0.25) is 0 Å². The van der Waals surface area contributed by atoms with E-state index in [9.17, 15) is 4.79 Å². The van der Waals surface area contributed by atoms with Gasteiger partial charge in [-0.15, -0.1) is 11.8 Å². The van der Waals surface area contributed by atoms with Gasteiger partial charge < -0.3 is 5.32 Å². The Morgan fingerprint density at radius 1 is 0.808 bits per heavy atom. The number of nitrogens with zero attached hydrogens (tertiary/aromatic N) is 1. The summed E-state index contributed by atoms with van der Waals surface area (Å²) in [6.07, 6.45) is 0. The van der Waals surface area contributed by atoms with Gasteiger partial charge >= 0.3 is 0 Å². The summed E-state index contributed by atoms with van der Waals surface area (Å²) in [6.45, 7) is 0.554. The molecule has 0 saturated heterocycles. The number of carbonyl (C=O) groups is 1. The first-order valence-corrected chi connectivity index (χ1v) is 9.51. The van der Waals surface area contributed by atoms with E-state index in [1.54, 1.807) is 11.8 Å². The number of thioether (sulfide) groups is 1. The third-order valence-electron chi connectivity index (χ3n) is 4.22. The highest BCUT2D eigenvalue weighted by Gasteiger charge is 2.11. The molecule has 0 unspecified atom stereocenters. The van der Waals surface area contributed by atoms with E-state index in [2.05, 4.69) is 17.4 Å². The van der Waals surface area contributed by atoms with E-state index in [0.29, 0.717) is 12.3 Å². The van der Waals surface area contributed by atoms with E-state index in [1.807, 2.05) is 66.7 Å². The average molecular weight is 358 g/mol. The molecule has 1 heterocycles. The topological polar surface area (TPSA) is 42.0 Å². The number of amides is 1. The van der Waals surface area contributed by atoms with Crippen LogP contribution in [-0.2, 0) is 11.3 Å². The van der Waals surface area contributed by atoms with Gasteiger partial charge in [0.05, 0.1) is 16.8 Å². The van der Waals surface area contributed by atoms with Crippen molar-refractivity contribution in [3.63, 3.8) is 0 Å². The Morgan fingerprint density at radius 2 is 1.38 bits per heavy atom. The van der Waals surface area contributed by atoms with E-state index >= 15 is 0 Å². The third kappa shape index (κ3) is 3.55. The van der Waals surface area contributed by atoms with Crippen LogP contribution in [0.3, 0.4) is 0 Å². The molecule has 0 fully saturated rings. The van der Waals surface area contributed by atoms with E-state index in [0.717, 1.165) is 32.3 Å². The van der Waals surface area contributed by atoms with Crippen molar-refractivity contribution in [1.29, 1.82) is 0 Å². The first-order valence-electron chi connectivity index (χ1n) is 8.52. The van der Waals surface area contributed by atoms with Gasteiger partial charge in [-0.3, -0.25) is 4.79 Å². The second-order valence-corrected chi connectivity index (χ2v) is 7.01. The number of benzene rings is 3. The van der Waals surface area contributed by atoms with Crippen LogP contribution >= 0.6 is 11.8 Å². The van der Waals surface area contributed by atoms with Crippen molar-refractivity contribution in [3.05, 3.63) is 84.4 Å². The molecule has 0 bridgehead atoms. The number of rotatable bonds is 5. The minimum atomic E-state index is 0.0313. The Morgan fingerprint density at radius 3 is 2.04 bits per heavy atom. The van der Waals surface area contributed by atoms with Crippen LogP contribution in [0, 0.1) is 0 Å². The first-order chi connectivity index (χ1) is 12.8. The Kier molecular flexibility index (Phi) is 4.84. The molecule has 4 aromatic rings. The maximum atomic E-state index is 12.3. The number of hydrogen-bond acceptors (Lipinski definition) is 3. The number of para-hydroxylation sites is 2. The molecular weight excluding hydrogens is 340 g/mol. The highest BCUT2D eigenvalue weighted by molar-refractivity contribution is 8.00. The molecule has 1 N–H and O–H groups in total. The smallest absolute Gasteiger partial charge is 0.230 e. The maximum Gasteiger partial charge on any atom is 0.230 e. The van der Waals surface area contributed by atoms with E-state index in [1.165, 1.54) is 0 Å². The minimum Gasteiger partial charge on any atom is -0.351 e. The molecule has 0 aliphatic heterocycles. The standard InChI is InChI=1S/C22H18N2OS/c25-21(23-14-16-8-2-1-3-9-16)15-26-22-17-10-4-6-12-19(17)24-20-13-7-5-11-18(20)22/h1-13H,14-15H2,(H,23,25). The van der Waals surface area contributed by atoms with E-state index < -0.39 is 0 Å².